The molecule has 0 aliphatic carbocycles. The molecule has 0 amide bonds. The fraction of sp³-hybridized carbons (Fsp3) is 1.00. The fourth-order valence-corrected chi connectivity index (χ4v) is 3.25. The molecule has 3 nitrogen and oxygen atoms in total. The van der Waals surface area contributed by atoms with Crippen LogP contribution in [0.1, 0.15) is 47.0 Å². The highest BCUT2D eigenvalue weighted by Gasteiger charge is 2.30. The van der Waals surface area contributed by atoms with Gasteiger partial charge in [0.2, 0.25) is 0 Å². The largest absolute Gasteiger partial charge is 0.384 e. The molecule has 0 saturated carbocycles. The maximum Gasteiger partial charge on any atom is 0.0503 e. The topological polar surface area (TPSA) is 24.5 Å². The maximum absolute atomic E-state index is 5.29. The van der Waals surface area contributed by atoms with E-state index in [0.717, 1.165) is 19.1 Å². The summed E-state index contributed by atoms with van der Waals surface area (Å²) >= 11 is 0. The Kier molecular flexibility index (Phi) is 7.33. The van der Waals surface area contributed by atoms with Gasteiger partial charge in [-0.3, -0.25) is 0 Å². The zero-order valence-electron chi connectivity index (χ0n) is 13.7. The Morgan fingerprint density at radius 3 is 2.74 bits per heavy atom. The Bertz CT molecular complexity index is 245. The van der Waals surface area contributed by atoms with Gasteiger partial charge >= 0.3 is 0 Å². The minimum atomic E-state index is 0.404. The van der Waals surface area contributed by atoms with Crippen molar-refractivity contribution < 1.29 is 4.74 Å². The van der Waals surface area contributed by atoms with E-state index >= 15 is 0 Å². The van der Waals surface area contributed by atoms with Crippen LogP contribution in [0.2, 0.25) is 0 Å². The summed E-state index contributed by atoms with van der Waals surface area (Å²) in [4.78, 5) is 2.64. The van der Waals surface area contributed by atoms with Crippen molar-refractivity contribution in [2.24, 2.45) is 11.3 Å². The standard InChI is InChI=1S/C16H34N2O/c1-6-8-16(4,12-17-14(2)3)13-18-9-7-15(10-18)11-19-5/h14-15,17H,6-13H2,1-5H3. The average Bonchev–Trinajstić information content (AvgIpc) is 2.75. The van der Waals surface area contributed by atoms with Gasteiger partial charge in [-0.1, -0.05) is 34.1 Å². The van der Waals surface area contributed by atoms with E-state index in [1.54, 1.807) is 0 Å². The molecule has 1 fully saturated rings. The van der Waals surface area contributed by atoms with Crippen LogP contribution < -0.4 is 5.32 Å². The molecule has 114 valence electrons. The Balaban J connectivity index is 2.44. The van der Waals surface area contributed by atoms with E-state index in [4.69, 9.17) is 4.74 Å². The summed E-state index contributed by atoms with van der Waals surface area (Å²) in [6.45, 7) is 14.9. The molecular weight excluding hydrogens is 236 g/mol. The zero-order chi connectivity index (χ0) is 14.3. The Morgan fingerprint density at radius 1 is 1.42 bits per heavy atom. The molecule has 1 saturated heterocycles. The molecule has 1 heterocycles. The molecule has 1 aliphatic heterocycles. The lowest BCUT2D eigenvalue weighted by Crippen LogP contribution is -2.43. The minimum absolute atomic E-state index is 0.404. The third-order valence-electron chi connectivity index (χ3n) is 4.17. The van der Waals surface area contributed by atoms with Crippen molar-refractivity contribution in [3.63, 3.8) is 0 Å². The van der Waals surface area contributed by atoms with Gasteiger partial charge in [0.15, 0.2) is 0 Å². The van der Waals surface area contributed by atoms with Crippen LogP contribution in [0.4, 0.5) is 0 Å². The van der Waals surface area contributed by atoms with E-state index in [1.807, 2.05) is 7.11 Å². The third-order valence-corrected chi connectivity index (χ3v) is 4.17. The van der Waals surface area contributed by atoms with E-state index in [9.17, 15) is 0 Å². The Labute approximate surface area is 120 Å². The van der Waals surface area contributed by atoms with Gasteiger partial charge in [-0.05, 0) is 30.7 Å². The van der Waals surface area contributed by atoms with Crippen LogP contribution in [0, 0.1) is 11.3 Å². The van der Waals surface area contributed by atoms with Crippen LogP contribution in [0.5, 0.6) is 0 Å². The molecular formula is C16H34N2O. The second-order valence-corrected chi connectivity index (χ2v) is 6.94. The highest BCUT2D eigenvalue weighted by Crippen LogP contribution is 2.27. The third kappa shape index (κ3) is 6.24. The normalized spacial score (nSPS) is 24.0. The van der Waals surface area contributed by atoms with Gasteiger partial charge in [-0.25, -0.2) is 0 Å². The van der Waals surface area contributed by atoms with Crippen molar-refractivity contribution in [2.45, 2.75) is 53.0 Å². The highest BCUT2D eigenvalue weighted by molar-refractivity contribution is 4.85. The van der Waals surface area contributed by atoms with E-state index < -0.39 is 0 Å². The number of ether oxygens (including phenoxy) is 1. The van der Waals surface area contributed by atoms with Gasteiger partial charge < -0.3 is 15.0 Å². The maximum atomic E-state index is 5.29. The summed E-state index contributed by atoms with van der Waals surface area (Å²) in [7, 11) is 1.82. The molecule has 0 radical (unpaired) electrons. The van der Waals surface area contributed by atoms with Gasteiger partial charge in [0.25, 0.3) is 0 Å². The zero-order valence-corrected chi connectivity index (χ0v) is 13.7. The number of rotatable bonds is 9. The Hall–Kier alpha value is -0.120. The molecule has 0 aromatic carbocycles. The first-order valence-corrected chi connectivity index (χ1v) is 7.94. The SMILES string of the molecule is CCCC(C)(CNC(C)C)CN1CCC(COC)C1. The number of methoxy groups -OCH3 is 1. The molecule has 0 aromatic heterocycles. The van der Waals surface area contributed by atoms with Crippen LogP contribution in [0.3, 0.4) is 0 Å². The molecule has 1 N–H and O–H groups in total. The number of hydrogen-bond donors (Lipinski definition) is 1. The summed E-state index contributed by atoms with van der Waals surface area (Å²) in [5.41, 5.74) is 0.404. The van der Waals surface area contributed by atoms with Gasteiger partial charge in [-0.2, -0.15) is 0 Å². The first-order chi connectivity index (χ1) is 8.99. The summed E-state index contributed by atoms with van der Waals surface area (Å²) in [5.74, 6) is 0.744. The number of nitrogens with zero attached hydrogens (tertiary/aromatic N) is 1. The van der Waals surface area contributed by atoms with Gasteiger partial charge in [-0.15, -0.1) is 0 Å². The predicted octanol–water partition coefficient (Wildman–Crippen LogP) is 2.76. The van der Waals surface area contributed by atoms with E-state index in [0.29, 0.717) is 11.5 Å². The summed E-state index contributed by atoms with van der Waals surface area (Å²) < 4.78 is 5.29. The average molecular weight is 270 g/mol. The molecule has 0 aromatic rings. The number of hydrogen-bond acceptors (Lipinski definition) is 3. The van der Waals surface area contributed by atoms with E-state index in [-0.39, 0.29) is 0 Å². The monoisotopic (exact) mass is 270 g/mol. The van der Waals surface area contributed by atoms with Gasteiger partial charge in [0.1, 0.15) is 0 Å². The highest BCUT2D eigenvalue weighted by atomic mass is 16.5. The van der Waals surface area contributed by atoms with Gasteiger partial charge in [0.05, 0.1) is 6.61 Å². The first-order valence-electron chi connectivity index (χ1n) is 7.94. The van der Waals surface area contributed by atoms with E-state index in [1.165, 1.54) is 38.9 Å². The summed E-state index contributed by atoms with van der Waals surface area (Å²) in [6.07, 6.45) is 3.87. The molecule has 1 aliphatic rings. The molecule has 0 bridgehead atoms. The quantitative estimate of drug-likeness (QED) is 0.697. The second-order valence-electron chi connectivity index (χ2n) is 6.94. The van der Waals surface area contributed by atoms with Crippen LogP contribution in [0.15, 0.2) is 0 Å². The van der Waals surface area contributed by atoms with Crippen molar-refractivity contribution in [1.82, 2.24) is 10.2 Å². The Morgan fingerprint density at radius 2 is 2.16 bits per heavy atom. The lowest BCUT2D eigenvalue weighted by molar-refractivity contribution is 0.137. The van der Waals surface area contributed by atoms with Crippen LogP contribution in [0.25, 0.3) is 0 Å². The molecule has 2 atom stereocenters. The van der Waals surface area contributed by atoms with Crippen LogP contribution >= 0.6 is 0 Å². The van der Waals surface area contributed by atoms with Crippen molar-refractivity contribution in [3.05, 3.63) is 0 Å². The second kappa shape index (κ2) is 8.23. The minimum Gasteiger partial charge on any atom is -0.384 e. The lowest BCUT2D eigenvalue weighted by Gasteiger charge is -2.35. The molecule has 1 rings (SSSR count). The van der Waals surface area contributed by atoms with Crippen molar-refractivity contribution in [1.29, 1.82) is 0 Å². The molecule has 19 heavy (non-hydrogen) atoms. The number of likely N-dealkylation sites (tertiary alicyclic amines) is 1. The van der Waals surface area contributed by atoms with Crippen LogP contribution in [-0.2, 0) is 4.74 Å². The van der Waals surface area contributed by atoms with E-state index in [2.05, 4.69) is 37.9 Å². The van der Waals surface area contributed by atoms with Crippen molar-refractivity contribution in [3.8, 4) is 0 Å². The summed E-state index contributed by atoms with van der Waals surface area (Å²) in [6, 6.07) is 0.580. The first kappa shape index (κ1) is 16.9. The summed E-state index contributed by atoms with van der Waals surface area (Å²) in [5, 5.41) is 3.63. The molecule has 3 heteroatoms. The molecule has 0 spiro atoms. The predicted molar refractivity (Wildman–Crippen MR) is 82.6 cm³/mol. The molecule has 2 unspecified atom stereocenters. The fourth-order valence-electron chi connectivity index (χ4n) is 3.25. The van der Waals surface area contributed by atoms with Crippen molar-refractivity contribution >= 4 is 0 Å². The smallest absolute Gasteiger partial charge is 0.0503 e. The van der Waals surface area contributed by atoms with Crippen molar-refractivity contribution in [2.75, 3.05) is 39.9 Å². The van der Waals surface area contributed by atoms with Crippen LogP contribution in [-0.4, -0.2) is 50.8 Å². The lowest BCUT2D eigenvalue weighted by atomic mass is 9.84. The number of nitrogens with one attached hydrogen (secondary N) is 1. The van der Waals surface area contributed by atoms with Gasteiger partial charge in [0, 0.05) is 32.8 Å².